The highest BCUT2D eigenvalue weighted by atomic mass is 127. The molecule has 0 saturated heterocycles. The number of aromatic nitrogens is 1. The van der Waals surface area contributed by atoms with Crippen molar-refractivity contribution in [2.75, 3.05) is 0 Å². The molecule has 84 valence electrons. The summed E-state index contributed by atoms with van der Waals surface area (Å²) < 4.78 is 51.3. The van der Waals surface area contributed by atoms with Crippen molar-refractivity contribution in [3.8, 4) is 5.88 Å². The van der Waals surface area contributed by atoms with E-state index in [-0.39, 0.29) is 9.13 Å². The Morgan fingerprint density at radius 3 is 2.53 bits per heavy atom. The van der Waals surface area contributed by atoms with Gasteiger partial charge in [-0.2, -0.15) is 0 Å². The quantitative estimate of drug-likeness (QED) is 0.665. The summed E-state index contributed by atoms with van der Waals surface area (Å²) in [6.07, 6.45) is -4.96. The number of ether oxygens (including phenoxy) is 1. The molecule has 1 heterocycles. The molecule has 0 saturated carbocycles. The SMILES string of the molecule is O=c1[nH]c(OC(F)(F)F)c(CF)cc1I. The molecule has 1 aromatic rings. The average Bonchev–Trinajstić information content (AvgIpc) is 2.08. The molecule has 0 fully saturated rings. The predicted molar refractivity (Wildman–Crippen MR) is 51.3 cm³/mol. The third-order valence-electron chi connectivity index (χ3n) is 1.40. The van der Waals surface area contributed by atoms with Gasteiger partial charge in [0.25, 0.3) is 5.56 Å². The summed E-state index contributed by atoms with van der Waals surface area (Å²) in [6.45, 7) is -1.15. The van der Waals surface area contributed by atoms with Crippen molar-refractivity contribution in [3.05, 3.63) is 25.6 Å². The summed E-state index contributed by atoms with van der Waals surface area (Å²) >= 11 is 1.58. The second-order valence-corrected chi connectivity index (χ2v) is 3.64. The van der Waals surface area contributed by atoms with Gasteiger partial charge in [-0.25, -0.2) is 4.39 Å². The lowest BCUT2D eigenvalue weighted by Gasteiger charge is -2.10. The summed E-state index contributed by atoms with van der Waals surface area (Å²) in [5.41, 5.74) is -1.11. The van der Waals surface area contributed by atoms with E-state index >= 15 is 0 Å². The van der Waals surface area contributed by atoms with E-state index in [4.69, 9.17) is 0 Å². The van der Waals surface area contributed by atoms with Crippen LogP contribution in [-0.2, 0) is 6.67 Å². The maximum Gasteiger partial charge on any atom is 0.574 e. The first-order chi connectivity index (χ1) is 6.83. The van der Waals surface area contributed by atoms with Crippen LogP contribution in [-0.4, -0.2) is 11.3 Å². The molecule has 0 aliphatic rings. The lowest BCUT2D eigenvalue weighted by Crippen LogP contribution is -2.22. The summed E-state index contributed by atoms with van der Waals surface area (Å²) in [5, 5.41) is 0. The molecule has 0 atom stereocenters. The number of pyridine rings is 1. The molecule has 15 heavy (non-hydrogen) atoms. The Bertz CT molecular complexity index is 414. The highest BCUT2D eigenvalue weighted by Gasteiger charge is 2.32. The predicted octanol–water partition coefficient (Wildman–Crippen LogP) is 2.35. The van der Waals surface area contributed by atoms with Crippen LogP contribution in [0.1, 0.15) is 5.56 Å². The van der Waals surface area contributed by atoms with Crippen molar-refractivity contribution in [2.45, 2.75) is 13.0 Å². The third kappa shape index (κ3) is 3.36. The Balaban J connectivity index is 3.17. The zero-order valence-electron chi connectivity index (χ0n) is 6.99. The Morgan fingerprint density at radius 2 is 2.07 bits per heavy atom. The van der Waals surface area contributed by atoms with Crippen molar-refractivity contribution >= 4 is 22.6 Å². The van der Waals surface area contributed by atoms with Gasteiger partial charge in [0.2, 0.25) is 5.88 Å². The minimum absolute atomic E-state index is 0.0924. The van der Waals surface area contributed by atoms with Crippen LogP contribution in [0.3, 0.4) is 0 Å². The highest BCUT2D eigenvalue weighted by Crippen LogP contribution is 2.24. The van der Waals surface area contributed by atoms with Gasteiger partial charge < -0.3 is 4.74 Å². The Hall–Kier alpha value is -0.800. The van der Waals surface area contributed by atoms with Gasteiger partial charge in [0.05, 0.1) is 3.57 Å². The van der Waals surface area contributed by atoms with Crippen LogP contribution in [0, 0.1) is 3.57 Å². The van der Waals surface area contributed by atoms with Crippen molar-refractivity contribution in [2.24, 2.45) is 0 Å². The molecule has 1 aromatic heterocycles. The molecule has 0 aromatic carbocycles. The van der Waals surface area contributed by atoms with Crippen LogP contribution in [0.25, 0.3) is 0 Å². The second kappa shape index (κ2) is 4.37. The average molecular weight is 337 g/mol. The van der Waals surface area contributed by atoms with Crippen molar-refractivity contribution in [1.29, 1.82) is 0 Å². The highest BCUT2D eigenvalue weighted by molar-refractivity contribution is 14.1. The van der Waals surface area contributed by atoms with Crippen LogP contribution < -0.4 is 10.3 Å². The number of aromatic amines is 1. The molecule has 0 amide bonds. The van der Waals surface area contributed by atoms with E-state index in [9.17, 15) is 22.4 Å². The molecule has 0 spiro atoms. The van der Waals surface area contributed by atoms with E-state index in [2.05, 4.69) is 4.74 Å². The zero-order chi connectivity index (χ0) is 11.6. The fourth-order valence-corrected chi connectivity index (χ4v) is 1.34. The molecule has 8 heteroatoms. The smallest absolute Gasteiger partial charge is 0.389 e. The minimum Gasteiger partial charge on any atom is -0.389 e. The van der Waals surface area contributed by atoms with Gasteiger partial charge in [0.1, 0.15) is 6.67 Å². The molecule has 0 aliphatic carbocycles. The largest absolute Gasteiger partial charge is 0.574 e. The summed E-state index contributed by atoms with van der Waals surface area (Å²) in [7, 11) is 0. The number of H-pyrrole nitrogens is 1. The van der Waals surface area contributed by atoms with Crippen molar-refractivity contribution in [3.63, 3.8) is 0 Å². The number of hydrogen-bond acceptors (Lipinski definition) is 2. The molecule has 0 unspecified atom stereocenters. The molecular formula is C7H4F4INO2. The summed E-state index contributed by atoms with van der Waals surface area (Å²) in [4.78, 5) is 12.8. The van der Waals surface area contributed by atoms with Crippen LogP contribution in [0.5, 0.6) is 5.88 Å². The van der Waals surface area contributed by atoms with Gasteiger partial charge in [-0.1, -0.05) is 0 Å². The van der Waals surface area contributed by atoms with E-state index in [0.29, 0.717) is 0 Å². The first-order valence-electron chi connectivity index (χ1n) is 3.57. The van der Waals surface area contributed by atoms with E-state index in [1.54, 1.807) is 27.6 Å². The van der Waals surface area contributed by atoms with Crippen LogP contribution in [0.2, 0.25) is 0 Å². The Labute approximate surface area is 94.6 Å². The first kappa shape index (κ1) is 12.3. The fraction of sp³-hybridized carbons (Fsp3) is 0.286. The molecular weight excluding hydrogens is 333 g/mol. The van der Waals surface area contributed by atoms with Gasteiger partial charge in [-0.05, 0) is 28.7 Å². The van der Waals surface area contributed by atoms with Crippen molar-refractivity contribution < 1.29 is 22.3 Å². The summed E-state index contributed by atoms with van der Waals surface area (Å²) in [6, 6.07) is 1.00. The fourth-order valence-electron chi connectivity index (χ4n) is 0.833. The first-order valence-corrected chi connectivity index (χ1v) is 4.65. The number of alkyl halides is 4. The van der Waals surface area contributed by atoms with Gasteiger partial charge >= 0.3 is 6.36 Å². The molecule has 0 radical (unpaired) electrons. The lowest BCUT2D eigenvalue weighted by molar-refractivity contribution is -0.276. The number of hydrogen-bond donors (Lipinski definition) is 1. The molecule has 1 rings (SSSR count). The molecule has 0 aliphatic heterocycles. The zero-order valence-corrected chi connectivity index (χ0v) is 9.15. The van der Waals surface area contributed by atoms with Crippen LogP contribution in [0.15, 0.2) is 10.9 Å². The second-order valence-electron chi connectivity index (χ2n) is 2.48. The number of halogens is 5. The maximum absolute atomic E-state index is 12.3. The minimum atomic E-state index is -4.96. The Morgan fingerprint density at radius 1 is 1.47 bits per heavy atom. The monoisotopic (exact) mass is 337 g/mol. The third-order valence-corrected chi connectivity index (χ3v) is 2.20. The van der Waals surface area contributed by atoms with Gasteiger partial charge in [0.15, 0.2) is 0 Å². The van der Waals surface area contributed by atoms with Crippen LogP contribution in [0.4, 0.5) is 17.6 Å². The molecule has 1 N–H and O–H groups in total. The standard InChI is InChI=1S/C7H4F4INO2/c8-2-3-1-4(12)5(14)13-6(3)15-7(9,10)11/h1H,2H2,(H,13,14). The normalized spacial score (nSPS) is 11.5. The van der Waals surface area contributed by atoms with E-state index in [1.807, 2.05) is 0 Å². The van der Waals surface area contributed by atoms with Gasteiger partial charge in [-0.15, -0.1) is 13.2 Å². The molecule has 0 bridgehead atoms. The maximum atomic E-state index is 12.3. The van der Waals surface area contributed by atoms with E-state index in [1.165, 1.54) is 0 Å². The Kier molecular flexibility index (Phi) is 3.58. The van der Waals surface area contributed by atoms with Crippen LogP contribution >= 0.6 is 22.6 Å². The van der Waals surface area contributed by atoms with Crippen molar-refractivity contribution in [1.82, 2.24) is 4.98 Å². The van der Waals surface area contributed by atoms with E-state index in [0.717, 1.165) is 6.07 Å². The van der Waals surface area contributed by atoms with Gasteiger partial charge in [-0.3, -0.25) is 9.78 Å². The lowest BCUT2D eigenvalue weighted by atomic mass is 10.3. The summed E-state index contributed by atoms with van der Waals surface area (Å²) in [5.74, 6) is -0.907. The van der Waals surface area contributed by atoms with Gasteiger partial charge in [0, 0.05) is 5.56 Å². The molecule has 3 nitrogen and oxygen atoms in total. The number of rotatable bonds is 2. The topological polar surface area (TPSA) is 42.1 Å². The number of nitrogens with one attached hydrogen (secondary N) is 1. The van der Waals surface area contributed by atoms with E-state index < -0.39 is 24.5 Å².